The number of nitrogens with zero attached hydrogens (tertiary/aromatic N) is 6. The molecule has 2 unspecified atom stereocenters. The normalized spacial score (nSPS) is 15.1. The molecular formula is C43H67N7O3. The molecule has 292 valence electrons. The predicted octanol–water partition coefficient (Wildman–Crippen LogP) is 9.18. The van der Waals surface area contributed by atoms with Crippen molar-refractivity contribution in [3.63, 3.8) is 0 Å². The fourth-order valence-electron chi connectivity index (χ4n) is 6.45. The summed E-state index contributed by atoms with van der Waals surface area (Å²) in [6.45, 7) is 26.7. The van der Waals surface area contributed by atoms with E-state index in [2.05, 4.69) is 115 Å². The topological polar surface area (TPSA) is 109 Å². The minimum Gasteiger partial charge on any atom is -0.465 e. The molecule has 0 bridgehead atoms. The van der Waals surface area contributed by atoms with E-state index in [0.29, 0.717) is 31.5 Å². The lowest BCUT2D eigenvalue weighted by atomic mass is 9.76. The monoisotopic (exact) mass is 730 g/mol. The lowest BCUT2D eigenvalue weighted by Crippen LogP contribution is -2.31. The lowest BCUT2D eigenvalue weighted by molar-refractivity contribution is -0.0925. The summed E-state index contributed by atoms with van der Waals surface area (Å²) in [6.07, 6.45) is 7.20. The van der Waals surface area contributed by atoms with Crippen molar-refractivity contribution in [3.8, 4) is 5.75 Å². The van der Waals surface area contributed by atoms with Crippen molar-refractivity contribution in [1.82, 2.24) is 20.2 Å². The zero-order chi connectivity index (χ0) is 38.8. The molecule has 4 rings (SSSR count). The first kappa shape index (κ1) is 42.1. The molecule has 2 aromatic carbocycles. The highest BCUT2D eigenvalue weighted by atomic mass is 16.7. The van der Waals surface area contributed by atoms with Crippen molar-refractivity contribution in [2.24, 2.45) is 10.1 Å². The number of benzene rings is 2. The second kappa shape index (κ2) is 19.1. The van der Waals surface area contributed by atoms with Crippen LogP contribution >= 0.6 is 0 Å². The molecule has 0 fully saturated rings. The van der Waals surface area contributed by atoms with E-state index in [1.54, 1.807) is 4.79 Å². The van der Waals surface area contributed by atoms with Crippen LogP contribution in [0.3, 0.4) is 0 Å². The van der Waals surface area contributed by atoms with Gasteiger partial charge in [-0.05, 0) is 86.3 Å². The highest BCUT2D eigenvalue weighted by Crippen LogP contribution is 2.39. The number of likely N-dealkylation sites (N-methyl/N-ethyl adjacent to an activating group) is 1. The SMILES string of the molecule is CCCCCCC(OCNCC(C)c1nc2n(n1)N=C(C)/C2=N/c1ccc(N(CC)CCO)cc1C)Oc1ccc(C(C)(C)CC)cc1C(C)(C)CC. The third-order valence-corrected chi connectivity index (χ3v) is 11.0. The minimum atomic E-state index is -0.353. The number of aliphatic hydroxyl groups is 1. The van der Waals surface area contributed by atoms with Gasteiger partial charge >= 0.3 is 0 Å². The van der Waals surface area contributed by atoms with Gasteiger partial charge in [-0.2, -0.15) is 5.10 Å². The second-order valence-electron chi connectivity index (χ2n) is 15.9. The molecule has 53 heavy (non-hydrogen) atoms. The van der Waals surface area contributed by atoms with E-state index in [1.165, 1.54) is 24.0 Å². The molecule has 2 atom stereocenters. The smallest absolute Gasteiger partial charge is 0.204 e. The van der Waals surface area contributed by atoms with Crippen LogP contribution in [0.2, 0.25) is 0 Å². The molecule has 2 heterocycles. The number of aryl methyl sites for hydroxylation is 1. The van der Waals surface area contributed by atoms with Gasteiger partial charge in [0.15, 0.2) is 5.82 Å². The number of aliphatic hydroxyl groups excluding tert-OH is 1. The lowest BCUT2D eigenvalue weighted by Gasteiger charge is -2.31. The van der Waals surface area contributed by atoms with E-state index in [9.17, 15) is 5.11 Å². The Morgan fingerprint density at radius 3 is 2.38 bits per heavy atom. The summed E-state index contributed by atoms with van der Waals surface area (Å²) in [5.74, 6) is 2.30. The largest absolute Gasteiger partial charge is 0.465 e. The molecule has 1 aliphatic heterocycles. The number of hydrogen-bond acceptors (Lipinski definition) is 9. The van der Waals surface area contributed by atoms with Crippen LogP contribution in [-0.4, -0.2) is 70.7 Å². The average molecular weight is 730 g/mol. The van der Waals surface area contributed by atoms with Gasteiger partial charge in [0.05, 0.1) is 18.0 Å². The van der Waals surface area contributed by atoms with Gasteiger partial charge in [-0.3, -0.25) is 5.32 Å². The van der Waals surface area contributed by atoms with Gasteiger partial charge in [-0.15, -0.1) is 9.89 Å². The summed E-state index contributed by atoms with van der Waals surface area (Å²) in [4.78, 5) is 13.6. The Hall–Kier alpha value is -3.60. The van der Waals surface area contributed by atoms with Crippen LogP contribution in [0.25, 0.3) is 0 Å². The van der Waals surface area contributed by atoms with Crippen molar-refractivity contribution in [2.45, 2.75) is 144 Å². The van der Waals surface area contributed by atoms with E-state index in [1.807, 2.05) is 13.0 Å². The third kappa shape index (κ3) is 10.8. The van der Waals surface area contributed by atoms with Gasteiger partial charge in [0, 0.05) is 43.2 Å². The molecule has 0 saturated heterocycles. The first-order chi connectivity index (χ1) is 25.3. The standard InChI is InChI=1S/C43H67N7O3/c1-12-16-17-18-19-38(53-37-23-20-33(42(8,9)13-2)27-35(37)43(10,11)14-3)52-29-44-28-31(6)40-46-41-39(32(7)47-50(41)48-40)45-36-22-21-34(26-30(36)5)49(15-4)24-25-51/h20-23,26-27,31,38,44,51H,12-19,24-25,28-29H2,1-11H3/b45-39-. The molecule has 0 radical (unpaired) electrons. The molecule has 1 aliphatic rings. The molecule has 0 saturated carbocycles. The van der Waals surface area contributed by atoms with Gasteiger partial charge in [0.25, 0.3) is 0 Å². The summed E-state index contributed by atoms with van der Waals surface area (Å²) < 4.78 is 13.1. The van der Waals surface area contributed by atoms with Crippen molar-refractivity contribution in [1.29, 1.82) is 0 Å². The van der Waals surface area contributed by atoms with E-state index in [4.69, 9.17) is 24.5 Å². The van der Waals surface area contributed by atoms with Crippen molar-refractivity contribution >= 4 is 22.8 Å². The number of ether oxygens (including phenoxy) is 2. The third-order valence-electron chi connectivity index (χ3n) is 11.0. The Kier molecular flexibility index (Phi) is 15.2. The van der Waals surface area contributed by atoms with Crippen LogP contribution in [0.15, 0.2) is 46.5 Å². The van der Waals surface area contributed by atoms with Gasteiger partial charge in [-0.25, -0.2) is 9.98 Å². The van der Waals surface area contributed by atoms with Crippen LogP contribution in [-0.2, 0) is 15.6 Å². The summed E-state index contributed by atoms with van der Waals surface area (Å²) >= 11 is 0. The van der Waals surface area contributed by atoms with Gasteiger partial charge in [0.1, 0.15) is 18.2 Å². The van der Waals surface area contributed by atoms with E-state index >= 15 is 0 Å². The van der Waals surface area contributed by atoms with Crippen molar-refractivity contribution in [2.75, 3.05) is 37.9 Å². The van der Waals surface area contributed by atoms with Crippen LogP contribution in [0, 0.1) is 6.92 Å². The number of unbranched alkanes of at least 4 members (excludes halogenated alkanes) is 3. The summed E-state index contributed by atoms with van der Waals surface area (Å²) in [7, 11) is 0. The number of aliphatic imine (C=N–C) groups is 1. The maximum absolute atomic E-state index is 9.44. The second-order valence-corrected chi connectivity index (χ2v) is 15.9. The van der Waals surface area contributed by atoms with Gasteiger partial charge < -0.3 is 19.5 Å². The Bertz CT molecular complexity index is 1690. The van der Waals surface area contributed by atoms with Crippen LogP contribution < -0.4 is 15.0 Å². The molecule has 10 heteroatoms. The zero-order valence-corrected chi connectivity index (χ0v) is 34.6. The van der Waals surface area contributed by atoms with Crippen LogP contribution in [0.5, 0.6) is 5.75 Å². The Balaban J connectivity index is 1.43. The zero-order valence-electron chi connectivity index (χ0n) is 34.6. The number of anilines is 1. The molecular weight excluding hydrogens is 663 g/mol. The highest BCUT2D eigenvalue weighted by molar-refractivity contribution is 6.48. The van der Waals surface area contributed by atoms with Crippen LogP contribution in [0.4, 0.5) is 11.4 Å². The minimum absolute atomic E-state index is 0.0244. The fraction of sp³-hybridized carbons (Fsp3) is 0.628. The van der Waals surface area contributed by atoms with E-state index in [-0.39, 0.29) is 29.6 Å². The molecule has 3 aromatic rings. The van der Waals surface area contributed by atoms with E-state index in [0.717, 1.165) is 72.8 Å². The van der Waals surface area contributed by atoms with Gasteiger partial charge in [-0.1, -0.05) is 86.8 Å². The maximum atomic E-state index is 9.44. The Morgan fingerprint density at radius 2 is 1.72 bits per heavy atom. The quantitative estimate of drug-likeness (QED) is 0.0784. The molecule has 0 spiro atoms. The summed E-state index contributed by atoms with van der Waals surface area (Å²) in [5, 5.41) is 22.3. The summed E-state index contributed by atoms with van der Waals surface area (Å²) in [6, 6.07) is 12.9. The predicted molar refractivity (Wildman–Crippen MR) is 219 cm³/mol. The van der Waals surface area contributed by atoms with Crippen molar-refractivity contribution in [3.05, 3.63) is 64.7 Å². The first-order valence-corrected chi connectivity index (χ1v) is 20.0. The molecule has 1 aromatic heterocycles. The number of fused-ring (bicyclic) bond motifs is 1. The highest BCUT2D eigenvalue weighted by Gasteiger charge is 2.29. The summed E-state index contributed by atoms with van der Waals surface area (Å²) in [5.41, 5.74) is 7.15. The number of hydrogen-bond donors (Lipinski definition) is 2. The Labute approximate surface area is 319 Å². The molecule has 0 aliphatic carbocycles. The number of aromatic nitrogens is 3. The molecule has 2 N–H and O–H groups in total. The van der Waals surface area contributed by atoms with Crippen LogP contribution in [0.1, 0.15) is 148 Å². The van der Waals surface area contributed by atoms with Crippen molar-refractivity contribution < 1.29 is 14.6 Å². The van der Waals surface area contributed by atoms with E-state index < -0.39 is 0 Å². The first-order valence-electron chi connectivity index (χ1n) is 20.0. The maximum Gasteiger partial charge on any atom is 0.204 e. The van der Waals surface area contributed by atoms with Gasteiger partial charge in [0.2, 0.25) is 12.1 Å². The Morgan fingerprint density at radius 1 is 0.962 bits per heavy atom. The molecule has 0 amide bonds. The average Bonchev–Trinajstić information content (AvgIpc) is 3.68. The fourth-order valence-corrected chi connectivity index (χ4v) is 6.45. The number of rotatable bonds is 22. The molecule has 10 nitrogen and oxygen atoms in total. The number of nitrogens with one attached hydrogen (secondary N) is 1.